The Kier molecular flexibility index (Phi) is 3.06. The van der Waals surface area contributed by atoms with Crippen LogP contribution in [-0.4, -0.2) is 9.36 Å². The van der Waals surface area contributed by atoms with Crippen molar-refractivity contribution in [1.82, 2.24) is 9.36 Å². The molecule has 1 aromatic carbocycles. The topological polar surface area (TPSA) is 25.8 Å². The highest BCUT2D eigenvalue weighted by Gasteiger charge is 2.06. The van der Waals surface area contributed by atoms with Crippen molar-refractivity contribution < 1.29 is 8.78 Å². The summed E-state index contributed by atoms with van der Waals surface area (Å²) in [7, 11) is 0. The minimum Gasteiger partial charge on any atom is -0.214 e. The summed E-state index contributed by atoms with van der Waals surface area (Å²) in [5.74, 6) is -1.67. The molecular formula is C9H5BrF2N2S. The predicted octanol–water partition coefficient (Wildman–Crippen LogP) is 3.17. The molecule has 1 aromatic heterocycles. The molecular weight excluding hydrogens is 286 g/mol. The molecule has 2 aromatic rings. The van der Waals surface area contributed by atoms with E-state index in [1.54, 1.807) is 0 Å². The number of hydrogen-bond acceptors (Lipinski definition) is 3. The molecule has 78 valence electrons. The lowest BCUT2D eigenvalue weighted by Crippen LogP contribution is -1.90. The molecule has 0 aliphatic heterocycles. The Balaban J connectivity index is 2.21. The first-order valence-electron chi connectivity index (χ1n) is 4.07. The van der Waals surface area contributed by atoms with E-state index in [9.17, 15) is 8.78 Å². The van der Waals surface area contributed by atoms with Gasteiger partial charge >= 0.3 is 0 Å². The molecule has 0 saturated heterocycles. The fraction of sp³-hybridized carbons (Fsp3) is 0.111. The van der Waals surface area contributed by atoms with Gasteiger partial charge in [-0.3, -0.25) is 0 Å². The van der Waals surface area contributed by atoms with Gasteiger partial charge in [0.2, 0.25) is 4.73 Å². The summed E-state index contributed by atoms with van der Waals surface area (Å²) in [6.45, 7) is 0. The maximum absolute atomic E-state index is 12.9. The molecule has 0 atom stereocenters. The Hall–Kier alpha value is -0.880. The number of halogens is 3. The molecule has 2 rings (SSSR count). The number of hydrogen-bond donors (Lipinski definition) is 0. The highest BCUT2D eigenvalue weighted by molar-refractivity contribution is 9.10. The molecule has 0 aliphatic carbocycles. The molecule has 0 spiro atoms. The van der Waals surface area contributed by atoms with Crippen LogP contribution in [0.5, 0.6) is 0 Å². The molecule has 0 amide bonds. The number of aromatic nitrogens is 2. The van der Waals surface area contributed by atoms with Gasteiger partial charge in [-0.1, -0.05) is 6.07 Å². The van der Waals surface area contributed by atoms with E-state index in [1.807, 2.05) is 0 Å². The molecule has 0 aliphatic rings. The molecule has 15 heavy (non-hydrogen) atoms. The van der Waals surface area contributed by atoms with E-state index in [0.29, 0.717) is 16.7 Å². The van der Waals surface area contributed by atoms with Crippen molar-refractivity contribution in [2.24, 2.45) is 0 Å². The summed E-state index contributed by atoms with van der Waals surface area (Å²) in [6.07, 6.45) is 0.459. The van der Waals surface area contributed by atoms with Crippen LogP contribution >= 0.6 is 27.5 Å². The third-order valence-electron chi connectivity index (χ3n) is 1.78. The zero-order valence-electron chi connectivity index (χ0n) is 7.38. The molecule has 0 radical (unpaired) electrons. The molecule has 0 fully saturated rings. The molecule has 6 heteroatoms. The smallest absolute Gasteiger partial charge is 0.209 e. The lowest BCUT2D eigenvalue weighted by molar-refractivity contribution is 0.507. The van der Waals surface area contributed by atoms with Crippen molar-refractivity contribution in [3.8, 4) is 0 Å². The maximum atomic E-state index is 12.9. The third kappa shape index (κ3) is 2.57. The SMILES string of the molecule is Fc1ccc(Cc2nc(Br)ns2)cc1F. The van der Waals surface area contributed by atoms with E-state index in [-0.39, 0.29) is 0 Å². The fourth-order valence-electron chi connectivity index (χ4n) is 1.13. The van der Waals surface area contributed by atoms with Crippen LogP contribution in [0.4, 0.5) is 8.78 Å². The largest absolute Gasteiger partial charge is 0.214 e. The summed E-state index contributed by atoms with van der Waals surface area (Å²) in [6, 6.07) is 3.82. The van der Waals surface area contributed by atoms with E-state index < -0.39 is 11.6 Å². The first kappa shape index (κ1) is 10.6. The zero-order valence-corrected chi connectivity index (χ0v) is 9.78. The van der Waals surface area contributed by atoms with Gasteiger partial charge in [0, 0.05) is 6.42 Å². The van der Waals surface area contributed by atoms with E-state index >= 15 is 0 Å². The normalized spacial score (nSPS) is 10.6. The van der Waals surface area contributed by atoms with Gasteiger partial charge in [0.15, 0.2) is 11.6 Å². The van der Waals surface area contributed by atoms with Crippen molar-refractivity contribution in [3.05, 3.63) is 45.1 Å². The Morgan fingerprint density at radius 1 is 1.27 bits per heavy atom. The lowest BCUT2D eigenvalue weighted by Gasteiger charge is -1.98. The van der Waals surface area contributed by atoms with E-state index in [4.69, 9.17) is 0 Å². The van der Waals surface area contributed by atoms with Crippen molar-refractivity contribution in [3.63, 3.8) is 0 Å². The number of nitrogens with zero attached hydrogens (tertiary/aromatic N) is 2. The maximum Gasteiger partial charge on any atom is 0.209 e. The second-order valence-corrected chi connectivity index (χ2v) is 4.43. The summed E-state index contributed by atoms with van der Waals surface area (Å²) in [4.78, 5) is 4.07. The summed E-state index contributed by atoms with van der Waals surface area (Å²) >= 11 is 4.36. The van der Waals surface area contributed by atoms with Gasteiger partial charge in [0.05, 0.1) is 0 Å². The van der Waals surface area contributed by atoms with Gasteiger partial charge in [0.1, 0.15) is 5.01 Å². The quantitative estimate of drug-likeness (QED) is 0.849. The van der Waals surface area contributed by atoms with Crippen LogP contribution in [0.1, 0.15) is 10.6 Å². The van der Waals surface area contributed by atoms with Crippen LogP contribution < -0.4 is 0 Å². The third-order valence-corrected chi connectivity index (χ3v) is 3.08. The molecule has 1 heterocycles. The Morgan fingerprint density at radius 3 is 2.67 bits per heavy atom. The second-order valence-electron chi connectivity index (χ2n) is 2.88. The Bertz CT molecular complexity index is 487. The Morgan fingerprint density at radius 2 is 2.07 bits per heavy atom. The first-order chi connectivity index (χ1) is 7.15. The van der Waals surface area contributed by atoms with E-state index in [0.717, 1.165) is 11.1 Å². The average molecular weight is 291 g/mol. The van der Waals surface area contributed by atoms with Gasteiger partial charge in [0.25, 0.3) is 0 Å². The van der Waals surface area contributed by atoms with Crippen LogP contribution in [0.3, 0.4) is 0 Å². The minimum absolute atomic E-state index is 0.459. The number of rotatable bonds is 2. The Labute approximate surface area is 97.3 Å². The summed E-state index contributed by atoms with van der Waals surface area (Å²) in [5.41, 5.74) is 0.678. The monoisotopic (exact) mass is 290 g/mol. The van der Waals surface area contributed by atoms with Gasteiger partial charge in [-0.15, -0.1) is 0 Å². The van der Waals surface area contributed by atoms with Crippen LogP contribution in [-0.2, 0) is 6.42 Å². The summed E-state index contributed by atoms with van der Waals surface area (Å²) in [5, 5.41) is 0.757. The minimum atomic E-state index is -0.837. The highest BCUT2D eigenvalue weighted by atomic mass is 79.9. The van der Waals surface area contributed by atoms with Crippen molar-refractivity contribution in [2.75, 3.05) is 0 Å². The first-order valence-corrected chi connectivity index (χ1v) is 5.64. The van der Waals surface area contributed by atoms with Gasteiger partial charge in [-0.05, 0) is 45.2 Å². The standard InChI is InChI=1S/C9H5BrF2N2S/c10-9-13-8(15-14-9)4-5-1-2-6(11)7(12)3-5/h1-3H,4H2. The molecule has 0 unspecified atom stereocenters. The van der Waals surface area contributed by atoms with E-state index in [1.165, 1.54) is 23.7 Å². The predicted molar refractivity (Wildman–Crippen MR) is 56.8 cm³/mol. The van der Waals surface area contributed by atoms with Gasteiger partial charge in [-0.25, -0.2) is 13.8 Å². The summed E-state index contributed by atoms with van der Waals surface area (Å²) < 4.78 is 30.0. The van der Waals surface area contributed by atoms with Crippen LogP contribution in [0.15, 0.2) is 22.9 Å². The fourth-order valence-corrected chi connectivity index (χ4v) is 2.26. The van der Waals surface area contributed by atoms with Crippen molar-refractivity contribution in [2.45, 2.75) is 6.42 Å². The molecule has 0 bridgehead atoms. The van der Waals surface area contributed by atoms with Crippen LogP contribution in [0.2, 0.25) is 0 Å². The van der Waals surface area contributed by atoms with Crippen molar-refractivity contribution >= 4 is 27.5 Å². The van der Waals surface area contributed by atoms with Crippen LogP contribution in [0.25, 0.3) is 0 Å². The second kappa shape index (κ2) is 4.32. The van der Waals surface area contributed by atoms with E-state index in [2.05, 4.69) is 25.3 Å². The van der Waals surface area contributed by atoms with Crippen molar-refractivity contribution in [1.29, 1.82) is 0 Å². The lowest BCUT2D eigenvalue weighted by atomic mass is 10.1. The molecule has 0 saturated carbocycles. The van der Waals surface area contributed by atoms with Crippen LogP contribution in [0, 0.1) is 11.6 Å². The molecule has 0 N–H and O–H groups in total. The van der Waals surface area contributed by atoms with Gasteiger partial charge < -0.3 is 0 Å². The zero-order chi connectivity index (χ0) is 10.8. The highest BCUT2D eigenvalue weighted by Crippen LogP contribution is 2.16. The average Bonchev–Trinajstić information content (AvgIpc) is 2.58. The molecule has 2 nitrogen and oxygen atoms in total. The van der Waals surface area contributed by atoms with Gasteiger partial charge in [-0.2, -0.15) is 4.37 Å². The number of benzene rings is 1.